The van der Waals surface area contributed by atoms with Gasteiger partial charge < -0.3 is 15.1 Å². The Bertz CT molecular complexity index is 867. The molecule has 2 aromatic rings. The third-order valence-corrected chi connectivity index (χ3v) is 5.17. The van der Waals surface area contributed by atoms with Crippen LogP contribution in [0, 0.1) is 13.8 Å². The molecule has 28 heavy (non-hydrogen) atoms. The zero-order chi connectivity index (χ0) is 20.1. The van der Waals surface area contributed by atoms with Crippen LogP contribution in [-0.2, 0) is 6.18 Å². The Morgan fingerprint density at radius 1 is 1.11 bits per heavy atom. The van der Waals surface area contributed by atoms with Crippen molar-refractivity contribution >= 4 is 17.5 Å². The Balaban J connectivity index is 1.40. The van der Waals surface area contributed by atoms with Gasteiger partial charge in [0.25, 0.3) is 0 Å². The second-order valence-electron chi connectivity index (χ2n) is 7.28. The third-order valence-electron chi connectivity index (χ3n) is 5.17. The highest BCUT2D eigenvalue weighted by atomic mass is 19.4. The minimum absolute atomic E-state index is 0.0591. The van der Waals surface area contributed by atoms with Crippen LogP contribution in [0.25, 0.3) is 0 Å². The second kappa shape index (κ2) is 6.65. The number of nitrogens with zero attached hydrogens (tertiary/aromatic N) is 4. The Morgan fingerprint density at radius 3 is 2.32 bits per heavy atom. The molecular weight excluding hydrogens is 371 g/mol. The van der Waals surface area contributed by atoms with Crippen LogP contribution in [0.5, 0.6) is 0 Å². The smallest absolute Gasteiger partial charge is 0.352 e. The zero-order valence-corrected chi connectivity index (χ0v) is 15.5. The number of aromatic nitrogens is 2. The van der Waals surface area contributed by atoms with Crippen molar-refractivity contribution in [1.29, 1.82) is 0 Å². The fourth-order valence-electron chi connectivity index (χ4n) is 3.92. The first kappa shape index (κ1) is 18.5. The number of benzene rings is 1. The molecule has 3 saturated heterocycles. The molecule has 9 heteroatoms. The lowest BCUT2D eigenvalue weighted by molar-refractivity contribution is -0.137. The predicted octanol–water partition coefficient (Wildman–Crippen LogP) is 3.61. The summed E-state index contributed by atoms with van der Waals surface area (Å²) in [5, 5.41) is 2.70. The average Bonchev–Trinajstić information content (AvgIpc) is 2.60. The number of aryl methyl sites for hydroxylation is 2. The summed E-state index contributed by atoms with van der Waals surface area (Å²) in [5.41, 5.74) is 0.512. The van der Waals surface area contributed by atoms with Gasteiger partial charge in [0.05, 0.1) is 17.6 Å². The summed E-state index contributed by atoms with van der Waals surface area (Å²) in [4.78, 5) is 25.3. The van der Waals surface area contributed by atoms with E-state index in [1.165, 1.54) is 12.1 Å². The van der Waals surface area contributed by atoms with Gasteiger partial charge in [0, 0.05) is 30.5 Å². The molecule has 0 radical (unpaired) electrons. The Kier molecular flexibility index (Phi) is 4.40. The van der Waals surface area contributed by atoms with E-state index in [-0.39, 0.29) is 18.1 Å². The molecule has 2 atom stereocenters. The van der Waals surface area contributed by atoms with Gasteiger partial charge >= 0.3 is 12.2 Å². The first-order valence-electron chi connectivity index (χ1n) is 9.04. The molecule has 148 valence electrons. The first-order valence-corrected chi connectivity index (χ1v) is 9.04. The molecule has 6 nitrogen and oxygen atoms in total. The predicted molar refractivity (Wildman–Crippen MR) is 98.2 cm³/mol. The summed E-state index contributed by atoms with van der Waals surface area (Å²) in [6.45, 7) is 5.12. The third kappa shape index (κ3) is 3.48. The molecule has 1 N–H and O–H groups in total. The summed E-state index contributed by atoms with van der Waals surface area (Å²) in [6.07, 6.45) is -3.47. The van der Waals surface area contributed by atoms with Gasteiger partial charge in [-0.15, -0.1) is 0 Å². The second-order valence-corrected chi connectivity index (χ2v) is 7.28. The summed E-state index contributed by atoms with van der Waals surface area (Å²) < 4.78 is 37.9. The number of carbonyl (C=O) groups is 1. The highest BCUT2D eigenvalue weighted by Crippen LogP contribution is 2.35. The molecule has 2 bridgehead atoms. The van der Waals surface area contributed by atoms with Gasteiger partial charge in [-0.25, -0.2) is 14.8 Å². The Labute approximate surface area is 160 Å². The van der Waals surface area contributed by atoms with Gasteiger partial charge in [0.1, 0.15) is 11.6 Å². The van der Waals surface area contributed by atoms with Crippen LogP contribution >= 0.6 is 0 Å². The van der Waals surface area contributed by atoms with Crippen LogP contribution < -0.4 is 10.2 Å². The number of piperidine rings is 1. The number of amides is 2. The van der Waals surface area contributed by atoms with Crippen LogP contribution in [0.4, 0.5) is 29.5 Å². The quantitative estimate of drug-likeness (QED) is 0.850. The number of carbonyl (C=O) groups excluding carboxylic acids is 1. The number of anilines is 2. The molecule has 4 heterocycles. The van der Waals surface area contributed by atoms with Gasteiger partial charge in [-0.05, 0) is 44.5 Å². The lowest BCUT2D eigenvalue weighted by atomic mass is 9.88. The molecule has 1 aromatic carbocycles. The number of halogens is 3. The largest absolute Gasteiger partial charge is 0.416 e. The van der Waals surface area contributed by atoms with E-state index in [0.29, 0.717) is 24.6 Å². The maximum absolute atomic E-state index is 12.6. The van der Waals surface area contributed by atoms with Crippen molar-refractivity contribution in [2.24, 2.45) is 0 Å². The summed E-state index contributed by atoms with van der Waals surface area (Å²) in [6, 6.07) is 6.25. The SMILES string of the molecule is Cc1cc(N2CC3CC(C2)N3C(=O)Nc2ccc(C(F)(F)F)cc2)nc(C)n1. The summed E-state index contributed by atoms with van der Waals surface area (Å²) in [5.74, 6) is 1.58. The van der Waals surface area contributed by atoms with Crippen molar-refractivity contribution in [3.63, 3.8) is 0 Å². The molecule has 2 unspecified atom stereocenters. The van der Waals surface area contributed by atoms with Gasteiger partial charge in [-0.1, -0.05) is 0 Å². The number of alkyl halides is 3. The molecule has 3 fully saturated rings. The monoisotopic (exact) mass is 391 g/mol. The van der Waals surface area contributed by atoms with E-state index >= 15 is 0 Å². The fourth-order valence-corrected chi connectivity index (χ4v) is 3.92. The van der Waals surface area contributed by atoms with Crippen LogP contribution in [0.2, 0.25) is 0 Å². The van der Waals surface area contributed by atoms with E-state index < -0.39 is 11.7 Å². The van der Waals surface area contributed by atoms with Crippen molar-refractivity contribution < 1.29 is 18.0 Å². The molecule has 5 rings (SSSR count). The maximum atomic E-state index is 12.6. The molecule has 3 aliphatic rings. The van der Waals surface area contributed by atoms with Crippen LogP contribution in [0.1, 0.15) is 23.5 Å². The minimum Gasteiger partial charge on any atom is -0.352 e. The first-order chi connectivity index (χ1) is 13.2. The normalized spacial score (nSPS) is 21.3. The highest BCUT2D eigenvalue weighted by molar-refractivity contribution is 5.90. The van der Waals surface area contributed by atoms with Crippen molar-refractivity contribution in [3.8, 4) is 0 Å². The van der Waals surface area contributed by atoms with Crippen LogP contribution in [0.15, 0.2) is 30.3 Å². The number of piperazine rings is 1. The Morgan fingerprint density at radius 2 is 1.75 bits per heavy atom. The highest BCUT2D eigenvalue weighted by Gasteiger charge is 2.47. The number of fused-ring (bicyclic) bond motifs is 2. The number of hydrogen-bond donors (Lipinski definition) is 1. The number of urea groups is 1. The number of hydrogen-bond acceptors (Lipinski definition) is 4. The standard InChI is InChI=1S/C19H20F3N5O/c1-11-7-17(24-12(2)23-11)26-9-15-8-16(10-26)27(15)18(28)25-14-5-3-13(4-6-14)19(20,21)22/h3-7,15-16H,8-10H2,1-2H3,(H,25,28). The molecule has 3 aliphatic heterocycles. The summed E-state index contributed by atoms with van der Waals surface area (Å²) in [7, 11) is 0. The van der Waals surface area contributed by atoms with Gasteiger partial charge in [-0.3, -0.25) is 0 Å². The lowest BCUT2D eigenvalue weighted by Gasteiger charge is -2.56. The topological polar surface area (TPSA) is 61.4 Å². The number of rotatable bonds is 2. The van der Waals surface area contributed by atoms with Crippen molar-refractivity contribution in [2.45, 2.75) is 38.5 Å². The molecule has 0 spiro atoms. The van der Waals surface area contributed by atoms with E-state index in [0.717, 1.165) is 30.1 Å². The van der Waals surface area contributed by atoms with E-state index in [9.17, 15) is 18.0 Å². The summed E-state index contributed by atoms with van der Waals surface area (Å²) >= 11 is 0. The van der Waals surface area contributed by atoms with Crippen molar-refractivity contribution in [1.82, 2.24) is 14.9 Å². The fraction of sp³-hybridized carbons (Fsp3) is 0.421. The van der Waals surface area contributed by atoms with Gasteiger partial charge in [-0.2, -0.15) is 13.2 Å². The molecule has 1 aromatic heterocycles. The molecule has 0 aliphatic carbocycles. The average molecular weight is 391 g/mol. The van der Waals surface area contributed by atoms with E-state index in [2.05, 4.69) is 20.2 Å². The van der Waals surface area contributed by atoms with E-state index in [4.69, 9.17) is 0 Å². The van der Waals surface area contributed by atoms with Crippen molar-refractivity contribution in [3.05, 3.63) is 47.4 Å². The van der Waals surface area contributed by atoms with Crippen LogP contribution in [-0.4, -0.2) is 46.1 Å². The van der Waals surface area contributed by atoms with Gasteiger partial charge in [0.2, 0.25) is 0 Å². The van der Waals surface area contributed by atoms with E-state index in [1.54, 1.807) is 4.90 Å². The van der Waals surface area contributed by atoms with Crippen LogP contribution in [0.3, 0.4) is 0 Å². The molecule has 0 saturated carbocycles. The Hall–Kier alpha value is -2.84. The van der Waals surface area contributed by atoms with E-state index in [1.807, 2.05) is 19.9 Å². The minimum atomic E-state index is -4.39. The lowest BCUT2D eigenvalue weighted by Crippen LogP contribution is -2.71. The maximum Gasteiger partial charge on any atom is 0.416 e. The molecular formula is C19H20F3N5O. The van der Waals surface area contributed by atoms with Crippen molar-refractivity contribution in [2.75, 3.05) is 23.3 Å². The van der Waals surface area contributed by atoms with Gasteiger partial charge in [0.15, 0.2) is 0 Å². The molecule has 2 amide bonds. The number of nitrogens with one attached hydrogen (secondary N) is 1. The zero-order valence-electron chi connectivity index (χ0n) is 15.5.